The minimum Gasteiger partial charge on any atom is -0.411 e. The Hall–Kier alpha value is -2.15. The van der Waals surface area contributed by atoms with Gasteiger partial charge in [-0.3, -0.25) is 4.68 Å². The third kappa shape index (κ3) is 3.98. The average molecular weight is 329 g/mol. The summed E-state index contributed by atoms with van der Waals surface area (Å²) in [6.07, 6.45) is 3.22. The summed E-state index contributed by atoms with van der Waals surface area (Å²) in [5, 5.41) is 12.8. The molecule has 0 atom stereocenters. The number of hydrogen-bond donors (Lipinski definition) is 0. The molecule has 0 fully saturated rings. The highest BCUT2D eigenvalue weighted by Crippen LogP contribution is 2.27. The number of aromatic nitrogens is 5. The Balaban J connectivity index is 1.62. The van der Waals surface area contributed by atoms with Crippen molar-refractivity contribution < 1.29 is 4.42 Å². The van der Waals surface area contributed by atoms with E-state index >= 15 is 0 Å². The number of aryl methyl sites for hydroxylation is 1. The predicted octanol–water partition coefficient (Wildman–Crippen LogP) is 3.42. The summed E-state index contributed by atoms with van der Waals surface area (Å²) in [6, 6.07) is 8.27. The van der Waals surface area contributed by atoms with Gasteiger partial charge in [0.1, 0.15) is 12.7 Å². The predicted molar refractivity (Wildman–Crippen MR) is 89.2 cm³/mol. The van der Waals surface area contributed by atoms with Gasteiger partial charge in [0.2, 0.25) is 5.89 Å². The number of benzene rings is 1. The molecule has 7 heteroatoms. The summed E-state index contributed by atoms with van der Waals surface area (Å²) >= 11 is 1.51. The fourth-order valence-corrected chi connectivity index (χ4v) is 2.76. The highest BCUT2D eigenvalue weighted by molar-refractivity contribution is 7.99. The van der Waals surface area contributed by atoms with Crippen LogP contribution in [0.4, 0.5) is 0 Å². The Kier molecular flexibility index (Phi) is 4.47. The molecular weight excluding hydrogens is 310 g/mol. The maximum Gasteiger partial charge on any atom is 0.276 e. The third-order valence-electron chi connectivity index (χ3n) is 3.42. The molecule has 0 unspecified atom stereocenters. The van der Waals surface area contributed by atoms with Gasteiger partial charge in [0.15, 0.2) is 0 Å². The molecular formula is C16H19N5OS. The number of hydrogen-bond acceptors (Lipinski definition) is 6. The molecule has 3 aromatic rings. The summed E-state index contributed by atoms with van der Waals surface area (Å²) < 4.78 is 7.48. The zero-order valence-electron chi connectivity index (χ0n) is 13.4. The van der Waals surface area contributed by atoms with Crippen molar-refractivity contribution in [2.24, 2.45) is 0 Å². The van der Waals surface area contributed by atoms with E-state index < -0.39 is 0 Å². The number of nitrogens with zero attached hydrogens (tertiary/aromatic N) is 5. The Morgan fingerprint density at radius 3 is 2.57 bits per heavy atom. The van der Waals surface area contributed by atoms with Crippen LogP contribution in [-0.2, 0) is 12.0 Å². The summed E-state index contributed by atoms with van der Waals surface area (Å²) in [7, 11) is 0. The molecule has 0 saturated heterocycles. The Morgan fingerprint density at radius 1 is 1.13 bits per heavy atom. The van der Waals surface area contributed by atoms with Gasteiger partial charge in [-0.25, -0.2) is 4.98 Å². The second kappa shape index (κ2) is 6.54. The first-order valence-corrected chi connectivity index (χ1v) is 8.40. The van der Waals surface area contributed by atoms with Crippen molar-refractivity contribution in [3.05, 3.63) is 42.5 Å². The molecule has 3 rings (SSSR count). The molecule has 0 aliphatic carbocycles. The van der Waals surface area contributed by atoms with Crippen LogP contribution in [0.25, 0.3) is 11.5 Å². The minimum atomic E-state index is 0.135. The molecule has 0 radical (unpaired) electrons. The van der Waals surface area contributed by atoms with Crippen LogP contribution in [0.15, 0.2) is 46.6 Å². The monoisotopic (exact) mass is 329 g/mol. The first-order chi connectivity index (χ1) is 11.0. The average Bonchev–Trinajstić information content (AvgIpc) is 3.18. The van der Waals surface area contributed by atoms with Crippen LogP contribution in [0, 0.1) is 0 Å². The Bertz CT molecular complexity index is 744. The third-order valence-corrected chi connectivity index (χ3v) is 4.22. The van der Waals surface area contributed by atoms with Gasteiger partial charge >= 0.3 is 0 Å². The van der Waals surface area contributed by atoms with E-state index in [1.807, 2.05) is 12.1 Å². The van der Waals surface area contributed by atoms with E-state index in [4.69, 9.17) is 4.42 Å². The molecule has 23 heavy (non-hydrogen) atoms. The minimum absolute atomic E-state index is 0.135. The van der Waals surface area contributed by atoms with Gasteiger partial charge in [-0.15, -0.1) is 10.2 Å². The van der Waals surface area contributed by atoms with Gasteiger partial charge in [-0.1, -0.05) is 44.7 Å². The molecule has 0 bridgehead atoms. The lowest BCUT2D eigenvalue weighted by molar-refractivity contribution is 0.465. The van der Waals surface area contributed by atoms with Crippen molar-refractivity contribution in [1.29, 1.82) is 0 Å². The lowest BCUT2D eigenvalue weighted by Crippen LogP contribution is -2.10. The lowest BCUT2D eigenvalue weighted by Gasteiger charge is -2.18. The van der Waals surface area contributed by atoms with Crippen LogP contribution >= 0.6 is 11.8 Å². The van der Waals surface area contributed by atoms with Gasteiger partial charge < -0.3 is 4.42 Å². The van der Waals surface area contributed by atoms with E-state index in [1.165, 1.54) is 23.7 Å². The fraction of sp³-hybridized carbons (Fsp3) is 0.375. The van der Waals surface area contributed by atoms with Gasteiger partial charge in [0.25, 0.3) is 5.22 Å². The molecule has 6 nitrogen and oxygen atoms in total. The summed E-state index contributed by atoms with van der Waals surface area (Å²) in [4.78, 5) is 3.91. The quantitative estimate of drug-likeness (QED) is 0.668. The van der Waals surface area contributed by atoms with Crippen molar-refractivity contribution >= 4 is 11.8 Å². The van der Waals surface area contributed by atoms with Gasteiger partial charge in [-0.05, 0) is 23.1 Å². The standard InChI is InChI=1S/C16H19N5OS/c1-16(2,3)13-6-4-12(5-7-13)14-19-20-15(22-14)23-9-8-21-11-17-10-18-21/h4-7,10-11H,8-9H2,1-3H3. The van der Waals surface area contributed by atoms with E-state index in [1.54, 1.807) is 11.0 Å². The van der Waals surface area contributed by atoms with Gasteiger partial charge in [-0.2, -0.15) is 5.10 Å². The van der Waals surface area contributed by atoms with Crippen molar-refractivity contribution in [2.45, 2.75) is 38.0 Å². The highest BCUT2D eigenvalue weighted by atomic mass is 32.2. The smallest absolute Gasteiger partial charge is 0.276 e. The molecule has 0 N–H and O–H groups in total. The Labute approximate surface area is 139 Å². The molecule has 0 aliphatic heterocycles. The summed E-state index contributed by atoms with van der Waals surface area (Å²) in [6.45, 7) is 7.33. The van der Waals surface area contributed by atoms with Crippen molar-refractivity contribution in [2.75, 3.05) is 5.75 Å². The second-order valence-electron chi connectivity index (χ2n) is 6.21. The van der Waals surface area contributed by atoms with E-state index in [9.17, 15) is 0 Å². The lowest BCUT2D eigenvalue weighted by atomic mass is 9.87. The zero-order chi connectivity index (χ0) is 16.3. The SMILES string of the molecule is CC(C)(C)c1ccc(-c2nnc(SCCn3cncn3)o2)cc1. The summed E-state index contributed by atoms with van der Waals surface area (Å²) in [5.74, 6) is 1.35. The molecule has 0 aliphatic rings. The van der Waals surface area contributed by atoms with Crippen LogP contribution in [0.1, 0.15) is 26.3 Å². The number of rotatable bonds is 5. The van der Waals surface area contributed by atoms with E-state index in [2.05, 4.69) is 53.2 Å². The van der Waals surface area contributed by atoms with Crippen LogP contribution < -0.4 is 0 Å². The Morgan fingerprint density at radius 2 is 1.91 bits per heavy atom. The fourth-order valence-electron chi connectivity index (χ4n) is 2.07. The molecule has 1 aromatic carbocycles. The first kappa shape index (κ1) is 15.7. The summed E-state index contributed by atoms with van der Waals surface area (Å²) in [5.41, 5.74) is 2.35. The molecule has 2 aromatic heterocycles. The molecule has 0 spiro atoms. The second-order valence-corrected chi connectivity index (χ2v) is 7.25. The molecule has 0 saturated carbocycles. The zero-order valence-corrected chi connectivity index (χ0v) is 14.2. The maximum atomic E-state index is 5.71. The van der Waals surface area contributed by atoms with Crippen molar-refractivity contribution in [3.63, 3.8) is 0 Å². The maximum absolute atomic E-state index is 5.71. The molecule has 0 amide bonds. The highest BCUT2D eigenvalue weighted by Gasteiger charge is 2.14. The van der Waals surface area contributed by atoms with Crippen LogP contribution in [0.5, 0.6) is 0 Å². The van der Waals surface area contributed by atoms with Crippen LogP contribution in [0.2, 0.25) is 0 Å². The van der Waals surface area contributed by atoms with Crippen LogP contribution in [-0.4, -0.2) is 30.7 Å². The van der Waals surface area contributed by atoms with Gasteiger partial charge in [0.05, 0.1) is 6.54 Å². The van der Waals surface area contributed by atoms with E-state index in [-0.39, 0.29) is 5.41 Å². The molecule has 2 heterocycles. The first-order valence-electron chi connectivity index (χ1n) is 7.42. The van der Waals surface area contributed by atoms with Crippen LogP contribution in [0.3, 0.4) is 0 Å². The normalized spacial score (nSPS) is 11.8. The topological polar surface area (TPSA) is 69.6 Å². The van der Waals surface area contributed by atoms with Crippen molar-refractivity contribution in [1.82, 2.24) is 25.0 Å². The van der Waals surface area contributed by atoms with E-state index in [0.29, 0.717) is 11.1 Å². The van der Waals surface area contributed by atoms with Gasteiger partial charge in [0, 0.05) is 11.3 Å². The molecule has 120 valence electrons. The largest absolute Gasteiger partial charge is 0.411 e. The van der Waals surface area contributed by atoms with Crippen molar-refractivity contribution in [3.8, 4) is 11.5 Å². The van der Waals surface area contributed by atoms with E-state index in [0.717, 1.165) is 17.9 Å². The number of thioether (sulfide) groups is 1.